The van der Waals surface area contributed by atoms with Crippen LogP contribution in [0.5, 0.6) is 5.75 Å². The third-order valence-electron chi connectivity index (χ3n) is 4.50. The van der Waals surface area contributed by atoms with E-state index in [0.717, 1.165) is 27.8 Å². The number of ether oxygens (including phenoxy) is 1. The Kier molecular flexibility index (Phi) is 5.18. The molecule has 138 valence electrons. The SMILES string of the molecule is O=C(NC1CCOc2ccc(Br)cc21)c1cnn(Cc2ccccc2Cl)c1. The summed E-state index contributed by atoms with van der Waals surface area (Å²) in [5, 5.41) is 8.06. The molecule has 0 saturated carbocycles. The van der Waals surface area contributed by atoms with Gasteiger partial charge in [-0.3, -0.25) is 9.48 Å². The quantitative estimate of drug-likeness (QED) is 0.637. The van der Waals surface area contributed by atoms with Gasteiger partial charge in [0.2, 0.25) is 0 Å². The molecular formula is C20H17BrClN3O2. The summed E-state index contributed by atoms with van der Waals surface area (Å²) in [7, 11) is 0. The first kappa shape index (κ1) is 18.1. The van der Waals surface area contributed by atoms with Gasteiger partial charge in [0.25, 0.3) is 5.91 Å². The second kappa shape index (κ2) is 7.74. The van der Waals surface area contributed by atoms with Crippen LogP contribution in [-0.4, -0.2) is 22.3 Å². The Morgan fingerprint density at radius 1 is 1.33 bits per heavy atom. The van der Waals surface area contributed by atoms with Crippen molar-refractivity contribution in [3.8, 4) is 5.75 Å². The van der Waals surface area contributed by atoms with Crippen LogP contribution in [0.1, 0.15) is 33.9 Å². The zero-order valence-electron chi connectivity index (χ0n) is 14.4. The Hall–Kier alpha value is -2.31. The van der Waals surface area contributed by atoms with Crippen LogP contribution in [0.2, 0.25) is 5.02 Å². The van der Waals surface area contributed by atoms with E-state index in [4.69, 9.17) is 16.3 Å². The lowest BCUT2D eigenvalue weighted by atomic mass is 10.0. The van der Waals surface area contributed by atoms with E-state index >= 15 is 0 Å². The van der Waals surface area contributed by atoms with Crippen LogP contribution in [-0.2, 0) is 6.54 Å². The number of carbonyl (C=O) groups excluding carboxylic acids is 1. The van der Waals surface area contributed by atoms with Crippen molar-refractivity contribution >= 4 is 33.4 Å². The number of carbonyl (C=O) groups is 1. The maximum atomic E-state index is 12.7. The molecule has 4 rings (SSSR count). The van der Waals surface area contributed by atoms with Gasteiger partial charge in [0.15, 0.2) is 0 Å². The Bertz CT molecular complexity index is 989. The molecule has 1 aliphatic heterocycles. The number of aromatic nitrogens is 2. The minimum Gasteiger partial charge on any atom is -0.493 e. The highest BCUT2D eigenvalue weighted by molar-refractivity contribution is 9.10. The van der Waals surface area contributed by atoms with Gasteiger partial charge in [0.05, 0.1) is 31.0 Å². The number of hydrogen-bond donors (Lipinski definition) is 1. The van der Waals surface area contributed by atoms with Crippen LogP contribution in [0, 0.1) is 0 Å². The van der Waals surface area contributed by atoms with Crippen LogP contribution in [0.4, 0.5) is 0 Å². The Labute approximate surface area is 170 Å². The molecule has 0 fully saturated rings. The summed E-state index contributed by atoms with van der Waals surface area (Å²) >= 11 is 9.67. The number of hydrogen-bond acceptors (Lipinski definition) is 3. The fourth-order valence-electron chi connectivity index (χ4n) is 3.13. The van der Waals surface area contributed by atoms with Crippen molar-refractivity contribution < 1.29 is 9.53 Å². The lowest BCUT2D eigenvalue weighted by Gasteiger charge is -2.26. The minimum atomic E-state index is -0.154. The van der Waals surface area contributed by atoms with Gasteiger partial charge < -0.3 is 10.1 Å². The molecule has 1 N–H and O–H groups in total. The van der Waals surface area contributed by atoms with E-state index in [-0.39, 0.29) is 11.9 Å². The highest BCUT2D eigenvalue weighted by Gasteiger charge is 2.24. The van der Waals surface area contributed by atoms with E-state index in [1.54, 1.807) is 17.1 Å². The standard InChI is InChI=1S/C20H17BrClN3O2/c21-15-5-6-19-16(9-15)18(7-8-27-19)24-20(26)14-10-23-25(12-14)11-13-3-1-2-4-17(13)22/h1-6,9-10,12,18H,7-8,11H2,(H,24,26). The van der Waals surface area contributed by atoms with Crippen molar-refractivity contribution in [1.29, 1.82) is 0 Å². The van der Waals surface area contributed by atoms with E-state index in [2.05, 4.69) is 26.3 Å². The fraction of sp³-hybridized carbons (Fsp3) is 0.200. The molecule has 1 unspecified atom stereocenters. The lowest BCUT2D eigenvalue weighted by molar-refractivity contribution is 0.0924. The van der Waals surface area contributed by atoms with E-state index < -0.39 is 0 Å². The van der Waals surface area contributed by atoms with Crippen molar-refractivity contribution in [2.24, 2.45) is 0 Å². The average molecular weight is 447 g/mol. The average Bonchev–Trinajstić information content (AvgIpc) is 3.13. The summed E-state index contributed by atoms with van der Waals surface area (Å²) in [6, 6.07) is 13.3. The minimum absolute atomic E-state index is 0.0920. The second-order valence-corrected chi connectivity index (χ2v) is 7.69. The van der Waals surface area contributed by atoms with E-state index in [9.17, 15) is 4.79 Å². The van der Waals surface area contributed by atoms with Gasteiger partial charge in [-0.05, 0) is 29.8 Å². The number of nitrogens with one attached hydrogen (secondary N) is 1. The first-order valence-corrected chi connectivity index (χ1v) is 9.76. The topological polar surface area (TPSA) is 56.1 Å². The number of benzene rings is 2. The van der Waals surface area contributed by atoms with E-state index in [0.29, 0.717) is 23.7 Å². The molecule has 0 saturated heterocycles. The molecule has 2 aromatic carbocycles. The maximum absolute atomic E-state index is 12.7. The Balaban J connectivity index is 1.48. The van der Waals surface area contributed by atoms with Crippen molar-refractivity contribution in [1.82, 2.24) is 15.1 Å². The molecule has 0 bridgehead atoms. The predicted molar refractivity (Wildman–Crippen MR) is 107 cm³/mol. The van der Waals surface area contributed by atoms with Crippen LogP contribution < -0.4 is 10.1 Å². The van der Waals surface area contributed by atoms with Gasteiger partial charge in [0.1, 0.15) is 5.75 Å². The third kappa shape index (κ3) is 4.01. The van der Waals surface area contributed by atoms with E-state index in [1.165, 1.54) is 0 Å². The summed E-state index contributed by atoms with van der Waals surface area (Å²) in [6.45, 7) is 1.09. The zero-order chi connectivity index (χ0) is 18.8. The van der Waals surface area contributed by atoms with Crippen LogP contribution >= 0.6 is 27.5 Å². The summed E-state index contributed by atoms with van der Waals surface area (Å²) < 4.78 is 8.35. The van der Waals surface area contributed by atoms with Crippen molar-refractivity contribution in [3.63, 3.8) is 0 Å². The zero-order valence-corrected chi connectivity index (χ0v) is 16.7. The van der Waals surface area contributed by atoms with Gasteiger partial charge in [-0.15, -0.1) is 0 Å². The number of halogens is 2. The molecule has 1 amide bonds. The number of rotatable bonds is 4. The van der Waals surface area contributed by atoms with Gasteiger partial charge in [-0.1, -0.05) is 45.7 Å². The summed E-state index contributed by atoms with van der Waals surface area (Å²) in [5.74, 6) is 0.655. The van der Waals surface area contributed by atoms with Gasteiger partial charge in [-0.2, -0.15) is 5.10 Å². The molecule has 0 spiro atoms. The molecule has 0 radical (unpaired) electrons. The highest BCUT2D eigenvalue weighted by atomic mass is 79.9. The molecule has 0 aliphatic carbocycles. The summed E-state index contributed by atoms with van der Waals surface area (Å²) in [6.07, 6.45) is 4.04. The summed E-state index contributed by atoms with van der Waals surface area (Å²) in [4.78, 5) is 12.7. The molecule has 3 aromatic rings. The number of amides is 1. The molecule has 27 heavy (non-hydrogen) atoms. The smallest absolute Gasteiger partial charge is 0.254 e. The third-order valence-corrected chi connectivity index (χ3v) is 5.36. The van der Waals surface area contributed by atoms with Crippen LogP contribution in [0.15, 0.2) is 59.3 Å². The van der Waals surface area contributed by atoms with E-state index in [1.807, 2.05) is 42.5 Å². The maximum Gasteiger partial charge on any atom is 0.254 e. The second-order valence-electron chi connectivity index (χ2n) is 6.36. The van der Waals surface area contributed by atoms with Crippen molar-refractivity contribution in [2.75, 3.05) is 6.61 Å². The number of nitrogens with zero attached hydrogens (tertiary/aromatic N) is 2. The Morgan fingerprint density at radius 2 is 2.19 bits per heavy atom. The molecule has 1 aliphatic rings. The molecular weight excluding hydrogens is 430 g/mol. The van der Waals surface area contributed by atoms with Gasteiger partial charge in [0, 0.05) is 27.7 Å². The van der Waals surface area contributed by atoms with Crippen molar-refractivity contribution in [2.45, 2.75) is 19.0 Å². The first-order chi connectivity index (χ1) is 13.1. The monoisotopic (exact) mass is 445 g/mol. The lowest BCUT2D eigenvalue weighted by Crippen LogP contribution is -2.32. The molecule has 5 nitrogen and oxygen atoms in total. The largest absolute Gasteiger partial charge is 0.493 e. The number of fused-ring (bicyclic) bond motifs is 1. The molecule has 7 heteroatoms. The van der Waals surface area contributed by atoms with Crippen molar-refractivity contribution in [3.05, 3.63) is 81.0 Å². The highest BCUT2D eigenvalue weighted by Crippen LogP contribution is 2.34. The molecule has 2 heterocycles. The first-order valence-electron chi connectivity index (χ1n) is 8.59. The predicted octanol–water partition coefficient (Wildman–Crippen LogP) is 4.60. The molecule has 1 aromatic heterocycles. The van der Waals surface area contributed by atoms with Crippen LogP contribution in [0.25, 0.3) is 0 Å². The summed E-state index contributed by atoms with van der Waals surface area (Å²) in [5.41, 5.74) is 2.45. The van der Waals surface area contributed by atoms with Crippen LogP contribution in [0.3, 0.4) is 0 Å². The van der Waals surface area contributed by atoms with Gasteiger partial charge in [-0.25, -0.2) is 0 Å². The normalized spacial score (nSPS) is 15.7. The molecule has 1 atom stereocenters. The Morgan fingerprint density at radius 3 is 3.04 bits per heavy atom. The fourth-order valence-corrected chi connectivity index (χ4v) is 3.70. The van der Waals surface area contributed by atoms with Gasteiger partial charge >= 0.3 is 0 Å².